The van der Waals surface area contributed by atoms with Crippen LogP contribution in [0.15, 0.2) is 54.6 Å². The first-order valence-electron chi connectivity index (χ1n) is 9.95. The molecule has 0 saturated carbocycles. The maximum absolute atomic E-state index is 13.3. The molecule has 2 heterocycles. The lowest BCUT2D eigenvalue weighted by molar-refractivity contribution is 0.104. The number of nitrogen functional groups attached to an aromatic ring is 1. The molecule has 0 atom stereocenters. The highest BCUT2D eigenvalue weighted by molar-refractivity contribution is 7.21. The summed E-state index contributed by atoms with van der Waals surface area (Å²) in [5, 5.41) is 0.874. The van der Waals surface area contributed by atoms with E-state index in [1.165, 1.54) is 33.6 Å². The molecule has 4 aromatic rings. The zero-order valence-corrected chi connectivity index (χ0v) is 17.3. The largest absolute Gasteiger partial charge is 0.397 e. The quantitative estimate of drug-likeness (QED) is 0.385. The first-order chi connectivity index (χ1) is 14.0. The Balaban J connectivity index is 1.52. The molecule has 1 aliphatic rings. The molecule has 0 amide bonds. The van der Waals surface area contributed by atoms with Gasteiger partial charge in [-0.25, -0.2) is 4.98 Å². The molecule has 1 aliphatic carbocycles. The van der Waals surface area contributed by atoms with Gasteiger partial charge in [-0.05, 0) is 59.2 Å². The van der Waals surface area contributed by atoms with Gasteiger partial charge >= 0.3 is 0 Å². The second kappa shape index (κ2) is 6.82. The molecule has 29 heavy (non-hydrogen) atoms. The Morgan fingerprint density at radius 2 is 1.86 bits per heavy atom. The van der Waals surface area contributed by atoms with Crippen LogP contribution in [0.3, 0.4) is 0 Å². The molecule has 2 aromatic carbocycles. The van der Waals surface area contributed by atoms with E-state index < -0.39 is 0 Å². The van der Waals surface area contributed by atoms with Crippen LogP contribution in [0.2, 0.25) is 0 Å². The van der Waals surface area contributed by atoms with E-state index in [0.717, 1.165) is 28.8 Å². The van der Waals surface area contributed by atoms with E-state index in [4.69, 9.17) is 10.7 Å². The van der Waals surface area contributed by atoms with Gasteiger partial charge in [0, 0.05) is 16.6 Å². The van der Waals surface area contributed by atoms with Crippen LogP contribution in [0.4, 0.5) is 5.69 Å². The third-order valence-corrected chi connectivity index (χ3v) is 6.64. The van der Waals surface area contributed by atoms with Gasteiger partial charge in [-0.1, -0.05) is 50.2 Å². The Kier molecular flexibility index (Phi) is 4.25. The molecule has 5 rings (SSSR count). The maximum atomic E-state index is 13.3. The van der Waals surface area contributed by atoms with Crippen LogP contribution in [0.25, 0.3) is 21.3 Å². The van der Waals surface area contributed by atoms with Crippen LogP contribution >= 0.6 is 11.3 Å². The van der Waals surface area contributed by atoms with E-state index in [-0.39, 0.29) is 5.78 Å². The number of carbonyl (C=O) groups excluding carboxylic acids is 1. The van der Waals surface area contributed by atoms with E-state index in [1.807, 2.05) is 24.3 Å². The predicted octanol–water partition coefficient (Wildman–Crippen LogP) is 5.88. The number of hydrogen-bond donors (Lipinski definition) is 1. The van der Waals surface area contributed by atoms with Crippen molar-refractivity contribution in [2.24, 2.45) is 5.92 Å². The number of aromatic nitrogens is 1. The van der Waals surface area contributed by atoms with Gasteiger partial charge in [0.1, 0.15) is 9.71 Å². The number of hydrogen-bond acceptors (Lipinski definition) is 4. The summed E-state index contributed by atoms with van der Waals surface area (Å²) >= 11 is 1.40. The average Bonchev–Trinajstić information content (AvgIpc) is 3.24. The van der Waals surface area contributed by atoms with Crippen molar-refractivity contribution in [2.45, 2.75) is 26.7 Å². The van der Waals surface area contributed by atoms with Gasteiger partial charge in [0.25, 0.3) is 0 Å². The van der Waals surface area contributed by atoms with Gasteiger partial charge < -0.3 is 5.73 Å². The molecule has 2 aromatic heterocycles. The summed E-state index contributed by atoms with van der Waals surface area (Å²) in [6, 6.07) is 18.5. The fraction of sp³-hybridized carbons (Fsp3) is 0.200. The number of anilines is 1. The van der Waals surface area contributed by atoms with Crippen LogP contribution in [0.1, 0.15) is 45.9 Å². The molecule has 0 fully saturated rings. The lowest BCUT2D eigenvalue weighted by atomic mass is 10.0. The summed E-state index contributed by atoms with van der Waals surface area (Å²) in [4.78, 5) is 19.5. The van der Waals surface area contributed by atoms with Crippen molar-refractivity contribution in [3.63, 3.8) is 0 Å². The predicted molar refractivity (Wildman–Crippen MR) is 121 cm³/mol. The van der Waals surface area contributed by atoms with Crippen LogP contribution in [-0.4, -0.2) is 10.8 Å². The summed E-state index contributed by atoms with van der Waals surface area (Å²) in [5.41, 5.74) is 13.6. The number of rotatable bonds is 4. The third kappa shape index (κ3) is 3.04. The van der Waals surface area contributed by atoms with Crippen molar-refractivity contribution in [2.75, 3.05) is 5.73 Å². The average molecular weight is 399 g/mol. The standard InChI is InChI=1S/C25H22N2OS/c1-14(2)11-18-8-10-21-22(26)24(29-25(21)27-18)23(28)16-7-9-20-17(13-16)12-15-5-3-4-6-19(15)20/h3-10,13-14H,11-12,26H2,1-2H3. The topological polar surface area (TPSA) is 56.0 Å². The number of carbonyl (C=O) groups is 1. The first kappa shape index (κ1) is 18.1. The van der Waals surface area contributed by atoms with Crippen LogP contribution in [0, 0.1) is 5.92 Å². The van der Waals surface area contributed by atoms with E-state index in [2.05, 4.69) is 44.2 Å². The lowest BCUT2D eigenvalue weighted by Gasteiger charge is -2.04. The van der Waals surface area contributed by atoms with Crippen LogP contribution < -0.4 is 5.73 Å². The molecule has 0 unspecified atom stereocenters. The molecule has 2 N–H and O–H groups in total. The van der Waals surface area contributed by atoms with Crippen molar-refractivity contribution in [1.29, 1.82) is 0 Å². The Hall–Kier alpha value is -2.98. The second-order valence-electron chi connectivity index (χ2n) is 8.13. The fourth-order valence-electron chi connectivity index (χ4n) is 4.15. The zero-order chi connectivity index (χ0) is 20.1. The second-order valence-corrected chi connectivity index (χ2v) is 9.13. The fourth-order valence-corrected chi connectivity index (χ4v) is 5.23. The zero-order valence-electron chi connectivity index (χ0n) is 16.5. The lowest BCUT2D eigenvalue weighted by Crippen LogP contribution is -2.02. The van der Waals surface area contributed by atoms with E-state index in [0.29, 0.717) is 22.0 Å². The minimum absolute atomic E-state index is 0.0188. The Morgan fingerprint density at radius 3 is 2.69 bits per heavy atom. The van der Waals surface area contributed by atoms with Crippen LogP contribution in [0.5, 0.6) is 0 Å². The van der Waals surface area contributed by atoms with E-state index in [1.54, 1.807) is 0 Å². The van der Waals surface area contributed by atoms with Gasteiger partial charge in [0.05, 0.1) is 5.69 Å². The van der Waals surface area contributed by atoms with Crippen molar-refractivity contribution < 1.29 is 4.79 Å². The highest BCUT2D eigenvalue weighted by Crippen LogP contribution is 2.38. The highest BCUT2D eigenvalue weighted by atomic mass is 32.1. The molecule has 0 radical (unpaired) electrons. The first-order valence-corrected chi connectivity index (χ1v) is 10.8. The number of nitrogens with two attached hydrogens (primary N) is 1. The molecule has 0 bridgehead atoms. The Labute approximate surface area is 174 Å². The van der Waals surface area contributed by atoms with Crippen molar-refractivity contribution in [3.8, 4) is 11.1 Å². The molecular weight excluding hydrogens is 376 g/mol. The third-order valence-electron chi connectivity index (χ3n) is 5.53. The smallest absolute Gasteiger partial charge is 0.205 e. The van der Waals surface area contributed by atoms with Crippen molar-refractivity contribution in [1.82, 2.24) is 4.98 Å². The van der Waals surface area contributed by atoms with Crippen molar-refractivity contribution in [3.05, 3.63) is 81.9 Å². The summed E-state index contributed by atoms with van der Waals surface area (Å²) in [5.74, 6) is 0.517. The Morgan fingerprint density at radius 1 is 1.07 bits per heavy atom. The molecule has 144 valence electrons. The molecule has 0 aliphatic heterocycles. The number of fused-ring (bicyclic) bond motifs is 4. The number of thiophene rings is 1. The number of pyridine rings is 1. The molecule has 3 nitrogen and oxygen atoms in total. The molecular formula is C25H22N2OS. The molecule has 4 heteroatoms. The minimum Gasteiger partial charge on any atom is -0.397 e. The van der Waals surface area contributed by atoms with Gasteiger partial charge in [-0.2, -0.15) is 0 Å². The van der Waals surface area contributed by atoms with Gasteiger partial charge in [0.15, 0.2) is 0 Å². The number of ketones is 1. The van der Waals surface area contributed by atoms with Crippen LogP contribution in [-0.2, 0) is 12.8 Å². The van der Waals surface area contributed by atoms with Gasteiger partial charge in [-0.15, -0.1) is 11.3 Å². The van der Waals surface area contributed by atoms with Gasteiger partial charge in [0.2, 0.25) is 5.78 Å². The monoisotopic (exact) mass is 398 g/mol. The highest BCUT2D eigenvalue weighted by Gasteiger charge is 2.23. The number of benzene rings is 2. The summed E-state index contributed by atoms with van der Waals surface area (Å²) in [6.45, 7) is 4.35. The van der Waals surface area contributed by atoms with Gasteiger partial charge in [-0.3, -0.25) is 4.79 Å². The Bertz CT molecular complexity index is 1270. The molecule has 0 spiro atoms. The number of nitrogens with zero attached hydrogens (tertiary/aromatic N) is 1. The maximum Gasteiger partial charge on any atom is 0.205 e. The summed E-state index contributed by atoms with van der Waals surface area (Å²) in [6.07, 6.45) is 1.79. The summed E-state index contributed by atoms with van der Waals surface area (Å²) < 4.78 is 0. The minimum atomic E-state index is -0.0188. The van der Waals surface area contributed by atoms with Crippen molar-refractivity contribution >= 4 is 33.0 Å². The molecule has 0 saturated heterocycles. The van der Waals surface area contributed by atoms with E-state index in [9.17, 15) is 4.79 Å². The normalized spacial score (nSPS) is 12.4. The van der Waals surface area contributed by atoms with E-state index >= 15 is 0 Å². The summed E-state index contributed by atoms with van der Waals surface area (Å²) in [7, 11) is 0. The SMILES string of the molecule is CC(C)Cc1ccc2c(N)c(C(=O)c3ccc4c(c3)Cc3ccccc3-4)sc2n1.